The summed E-state index contributed by atoms with van der Waals surface area (Å²) in [7, 11) is -9.92. The number of carbonyl (C=O) groups excluding carboxylic acids is 4. The fraction of sp³-hybridized carbons (Fsp3) is 0.896. The Labute approximate surface area is 586 Å². The highest BCUT2D eigenvalue weighted by Crippen LogP contribution is 2.45. The number of hydrogen-bond donors (Lipinski definition) is 3. The summed E-state index contributed by atoms with van der Waals surface area (Å²) in [5.74, 6) is -1.44. The van der Waals surface area contributed by atoms with Crippen LogP contribution in [0.3, 0.4) is 0 Å². The van der Waals surface area contributed by atoms with Gasteiger partial charge in [0.1, 0.15) is 19.3 Å². The molecule has 0 heterocycles. The van der Waals surface area contributed by atoms with Crippen LogP contribution in [-0.2, 0) is 65.4 Å². The molecule has 0 fully saturated rings. The number of carbonyl (C=O) groups is 4. The Morgan fingerprint density at radius 3 is 0.854 bits per heavy atom. The Hall–Kier alpha value is -2.46. The molecule has 0 saturated carbocycles. The van der Waals surface area contributed by atoms with Crippen LogP contribution in [0.15, 0.2) is 24.3 Å². The van der Waals surface area contributed by atoms with E-state index < -0.39 is 97.5 Å². The van der Waals surface area contributed by atoms with E-state index in [-0.39, 0.29) is 25.7 Å². The summed E-state index contributed by atoms with van der Waals surface area (Å²) in [5, 5.41) is 10.6. The number of rotatable bonds is 75. The molecular weight excluding hydrogens is 1260 g/mol. The van der Waals surface area contributed by atoms with E-state index >= 15 is 0 Å². The summed E-state index contributed by atoms with van der Waals surface area (Å²) in [6.45, 7) is 7.17. The van der Waals surface area contributed by atoms with Crippen molar-refractivity contribution >= 4 is 39.5 Å². The quantitative estimate of drug-likeness (QED) is 0.0169. The van der Waals surface area contributed by atoms with Gasteiger partial charge in [0.25, 0.3) is 0 Å². The molecule has 566 valence electrons. The van der Waals surface area contributed by atoms with Crippen molar-refractivity contribution in [1.82, 2.24) is 0 Å². The molecule has 0 aliphatic heterocycles. The molecule has 0 aromatic rings. The predicted molar refractivity (Wildman–Crippen MR) is 391 cm³/mol. The number of phosphoric ester groups is 2. The van der Waals surface area contributed by atoms with Crippen LogP contribution >= 0.6 is 15.6 Å². The van der Waals surface area contributed by atoms with Crippen molar-refractivity contribution in [3.05, 3.63) is 24.3 Å². The maximum absolute atomic E-state index is 13.1. The second-order valence-electron chi connectivity index (χ2n) is 27.5. The molecule has 0 aliphatic rings. The first-order valence-corrected chi connectivity index (χ1v) is 42.4. The van der Waals surface area contributed by atoms with Gasteiger partial charge in [-0.1, -0.05) is 329 Å². The third kappa shape index (κ3) is 70.0. The first kappa shape index (κ1) is 93.5. The van der Waals surface area contributed by atoms with Gasteiger partial charge in [0.2, 0.25) is 0 Å². The Bertz CT molecular complexity index is 1930. The number of aliphatic hydroxyl groups excluding tert-OH is 1. The van der Waals surface area contributed by atoms with Crippen LogP contribution < -0.4 is 0 Å². The van der Waals surface area contributed by atoms with Crippen LogP contribution in [0.1, 0.15) is 381 Å². The van der Waals surface area contributed by atoms with E-state index in [0.717, 1.165) is 116 Å². The van der Waals surface area contributed by atoms with E-state index in [1.807, 2.05) is 0 Å². The molecule has 5 atom stereocenters. The standard InChI is InChI=1S/C77H146O17P2/c1-6-9-12-15-18-21-24-26-28-29-30-31-32-34-36-39-42-47-53-58-63-77(82)93-72(66-87-74(79)60-55-50-45-40-38-35-33-27-25-22-19-16-13-10-7-2)68-91-95(83,84)89-64-71(78)65-90-96(85,86)92-69-73(67-88-75(80)61-56-51-48-43-44-49-54-59-70(4)5)94-76(81)62-57-52-46-41-37-23-20-17-14-11-8-3/h22,25,27,33,70-73,78H,6-21,23-24,26,28-32,34-69H2,1-5H3,(H,83,84)(H,85,86)/b25-22-,33-27-/t71-,72-,73-/m1/s1. The molecule has 0 amide bonds. The van der Waals surface area contributed by atoms with E-state index in [1.54, 1.807) is 0 Å². The molecule has 0 aromatic heterocycles. The molecule has 2 unspecified atom stereocenters. The molecule has 17 nitrogen and oxygen atoms in total. The number of esters is 4. The summed E-state index contributed by atoms with van der Waals surface area (Å²) in [5.41, 5.74) is 0. The van der Waals surface area contributed by atoms with Gasteiger partial charge in [0.05, 0.1) is 26.4 Å². The molecule has 0 saturated heterocycles. The summed E-state index contributed by atoms with van der Waals surface area (Å²) in [6.07, 6.45) is 62.0. The van der Waals surface area contributed by atoms with Gasteiger partial charge < -0.3 is 33.8 Å². The van der Waals surface area contributed by atoms with E-state index in [2.05, 4.69) is 58.9 Å². The van der Waals surface area contributed by atoms with Crippen LogP contribution in [-0.4, -0.2) is 96.7 Å². The third-order valence-electron chi connectivity index (χ3n) is 17.4. The second-order valence-corrected chi connectivity index (χ2v) is 30.4. The fourth-order valence-corrected chi connectivity index (χ4v) is 12.9. The van der Waals surface area contributed by atoms with Crippen molar-refractivity contribution in [1.29, 1.82) is 0 Å². The van der Waals surface area contributed by atoms with Gasteiger partial charge in [0, 0.05) is 25.7 Å². The van der Waals surface area contributed by atoms with Crippen LogP contribution in [0.4, 0.5) is 0 Å². The maximum atomic E-state index is 13.1. The first-order valence-electron chi connectivity index (χ1n) is 39.5. The Kier molecular flexibility index (Phi) is 67.8. The van der Waals surface area contributed by atoms with Crippen molar-refractivity contribution in [2.24, 2.45) is 5.92 Å². The molecule has 0 aliphatic carbocycles. The van der Waals surface area contributed by atoms with Gasteiger partial charge in [-0.15, -0.1) is 0 Å². The molecule has 0 radical (unpaired) electrons. The summed E-state index contributed by atoms with van der Waals surface area (Å²) in [4.78, 5) is 72.8. The molecule has 3 N–H and O–H groups in total. The lowest BCUT2D eigenvalue weighted by molar-refractivity contribution is -0.161. The lowest BCUT2D eigenvalue weighted by Gasteiger charge is -2.21. The normalized spacial score (nSPS) is 14.1. The number of phosphoric acid groups is 2. The summed E-state index contributed by atoms with van der Waals surface area (Å²) in [6, 6.07) is 0. The van der Waals surface area contributed by atoms with Gasteiger partial charge in [-0.25, -0.2) is 9.13 Å². The molecular formula is C77H146O17P2. The minimum Gasteiger partial charge on any atom is -0.462 e. The number of allylic oxidation sites excluding steroid dienone is 4. The molecule has 0 rings (SSSR count). The van der Waals surface area contributed by atoms with Gasteiger partial charge in [-0.3, -0.25) is 37.3 Å². The summed E-state index contributed by atoms with van der Waals surface area (Å²) < 4.78 is 68.5. The maximum Gasteiger partial charge on any atom is 0.472 e. The van der Waals surface area contributed by atoms with Gasteiger partial charge in [0.15, 0.2) is 12.2 Å². The lowest BCUT2D eigenvalue weighted by atomic mass is 10.0. The van der Waals surface area contributed by atoms with E-state index in [0.29, 0.717) is 31.6 Å². The SMILES string of the molecule is CCCCCC/C=C\C=C/CCCCCCCC(=O)OC[C@H](COP(=O)(O)OC[C@@H](O)COP(=O)(O)OC[C@@H](COC(=O)CCCCCCCCCC(C)C)OC(=O)CCCCCCCCCCCCC)OC(=O)CCCCCCCCCCCCCCCCCCCCCC. The van der Waals surface area contributed by atoms with E-state index in [9.17, 15) is 43.2 Å². The average Bonchev–Trinajstić information content (AvgIpc) is 1.17. The molecule has 96 heavy (non-hydrogen) atoms. The van der Waals surface area contributed by atoms with Crippen molar-refractivity contribution in [3.8, 4) is 0 Å². The monoisotopic (exact) mass is 1410 g/mol. The van der Waals surface area contributed by atoms with Crippen molar-refractivity contribution < 1.29 is 80.2 Å². The first-order chi connectivity index (χ1) is 46.5. The number of ether oxygens (including phenoxy) is 4. The molecule has 19 heteroatoms. The number of aliphatic hydroxyl groups is 1. The van der Waals surface area contributed by atoms with E-state index in [4.69, 9.17) is 37.0 Å². The van der Waals surface area contributed by atoms with Crippen LogP contribution in [0, 0.1) is 5.92 Å². The highest BCUT2D eigenvalue weighted by molar-refractivity contribution is 7.47. The third-order valence-corrected chi connectivity index (χ3v) is 19.3. The smallest absolute Gasteiger partial charge is 0.462 e. The van der Waals surface area contributed by atoms with Gasteiger partial charge >= 0.3 is 39.5 Å². The fourth-order valence-electron chi connectivity index (χ4n) is 11.3. The minimum absolute atomic E-state index is 0.102. The zero-order valence-corrected chi connectivity index (χ0v) is 63.8. The molecule has 0 spiro atoms. The highest BCUT2D eigenvalue weighted by atomic mass is 31.2. The molecule has 0 bridgehead atoms. The van der Waals surface area contributed by atoms with Crippen molar-refractivity contribution in [3.63, 3.8) is 0 Å². The lowest BCUT2D eigenvalue weighted by Crippen LogP contribution is -2.30. The average molecular weight is 1410 g/mol. The Morgan fingerprint density at radius 1 is 0.323 bits per heavy atom. The van der Waals surface area contributed by atoms with Crippen LogP contribution in [0.2, 0.25) is 0 Å². The highest BCUT2D eigenvalue weighted by Gasteiger charge is 2.30. The second kappa shape index (κ2) is 69.6. The number of unbranched alkanes of at least 4 members (excludes halogenated alkanes) is 44. The number of hydrogen-bond acceptors (Lipinski definition) is 15. The van der Waals surface area contributed by atoms with Gasteiger partial charge in [-0.2, -0.15) is 0 Å². The minimum atomic E-state index is -4.96. The predicted octanol–water partition coefficient (Wildman–Crippen LogP) is 22.4. The van der Waals surface area contributed by atoms with Crippen LogP contribution in [0.5, 0.6) is 0 Å². The van der Waals surface area contributed by atoms with Crippen LogP contribution in [0.25, 0.3) is 0 Å². The molecule has 0 aromatic carbocycles. The zero-order valence-electron chi connectivity index (χ0n) is 62.0. The van der Waals surface area contributed by atoms with Gasteiger partial charge in [-0.05, 0) is 57.3 Å². The Morgan fingerprint density at radius 2 is 0.562 bits per heavy atom. The topological polar surface area (TPSA) is 237 Å². The summed E-state index contributed by atoms with van der Waals surface area (Å²) >= 11 is 0. The van der Waals surface area contributed by atoms with E-state index in [1.165, 1.54) is 180 Å². The largest absolute Gasteiger partial charge is 0.472 e. The van der Waals surface area contributed by atoms with Crippen molar-refractivity contribution in [2.75, 3.05) is 39.6 Å². The Balaban J connectivity index is 5.24. The van der Waals surface area contributed by atoms with Crippen molar-refractivity contribution in [2.45, 2.75) is 400 Å². The zero-order chi connectivity index (χ0) is 70.5.